The normalized spacial score (nSPS) is 21.6. The van der Waals surface area contributed by atoms with E-state index >= 15 is 0 Å². The Kier molecular flexibility index (Phi) is 5.20. The van der Waals surface area contributed by atoms with E-state index in [4.69, 9.17) is 5.11 Å². The average Bonchev–Trinajstić information content (AvgIpc) is 2.40. The van der Waals surface area contributed by atoms with Crippen molar-refractivity contribution in [3.05, 3.63) is 29.8 Å². The Morgan fingerprint density at radius 2 is 2.09 bits per heavy atom. The van der Waals surface area contributed by atoms with Crippen LogP contribution in [0.3, 0.4) is 0 Å². The number of aryl methyl sites for hydroxylation is 1. The Morgan fingerprint density at radius 1 is 1.41 bits per heavy atom. The van der Waals surface area contributed by atoms with Gasteiger partial charge in [0.25, 0.3) is 0 Å². The van der Waals surface area contributed by atoms with E-state index in [0.29, 0.717) is 19.4 Å². The van der Waals surface area contributed by atoms with Crippen molar-refractivity contribution >= 4 is 16.0 Å². The highest BCUT2D eigenvalue weighted by molar-refractivity contribution is 7.89. The summed E-state index contributed by atoms with van der Waals surface area (Å²) in [5, 5.41) is 8.86. The lowest BCUT2D eigenvalue weighted by Gasteiger charge is -2.42. The Bertz CT molecular complexity index is 639. The molecule has 1 aromatic rings. The molecule has 1 fully saturated rings. The fourth-order valence-electron chi connectivity index (χ4n) is 2.72. The molecular formula is C15H22N2O4S. The Morgan fingerprint density at radius 3 is 2.64 bits per heavy atom. The SMILES string of the molecule is CCN(CC(=O)O)C1CC(NS(=O)(=O)c2cccc(C)c2)C1. The third kappa shape index (κ3) is 4.06. The quantitative estimate of drug-likeness (QED) is 0.786. The number of nitrogens with one attached hydrogen (secondary N) is 1. The number of likely N-dealkylation sites (N-methyl/N-ethyl adjacent to an activating group) is 1. The molecule has 0 spiro atoms. The van der Waals surface area contributed by atoms with Crippen LogP contribution in [-0.2, 0) is 14.8 Å². The second-order valence-corrected chi connectivity index (χ2v) is 7.43. The van der Waals surface area contributed by atoms with Crippen molar-refractivity contribution in [2.75, 3.05) is 13.1 Å². The number of carbonyl (C=O) groups is 1. The van der Waals surface area contributed by atoms with E-state index in [0.717, 1.165) is 5.56 Å². The predicted molar refractivity (Wildman–Crippen MR) is 83.2 cm³/mol. The number of benzene rings is 1. The van der Waals surface area contributed by atoms with Gasteiger partial charge in [0.05, 0.1) is 11.4 Å². The van der Waals surface area contributed by atoms with Crippen molar-refractivity contribution in [3.8, 4) is 0 Å². The standard InChI is InChI=1S/C15H22N2O4S/c1-3-17(10-15(18)19)13-8-12(9-13)16-22(20,21)14-6-4-5-11(2)7-14/h4-7,12-13,16H,3,8-10H2,1-2H3,(H,18,19). The van der Waals surface area contributed by atoms with Gasteiger partial charge in [-0.1, -0.05) is 19.1 Å². The lowest BCUT2D eigenvalue weighted by molar-refractivity contribution is -0.139. The lowest BCUT2D eigenvalue weighted by atomic mass is 9.86. The van der Waals surface area contributed by atoms with Crippen LogP contribution in [0, 0.1) is 6.92 Å². The molecule has 1 saturated carbocycles. The molecule has 22 heavy (non-hydrogen) atoms. The summed E-state index contributed by atoms with van der Waals surface area (Å²) >= 11 is 0. The zero-order valence-corrected chi connectivity index (χ0v) is 13.6. The summed E-state index contributed by atoms with van der Waals surface area (Å²) in [4.78, 5) is 12.9. The van der Waals surface area contributed by atoms with Gasteiger partial charge in [0, 0.05) is 12.1 Å². The van der Waals surface area contributed by atoms with Crippen LogP contribution in [0.4, 0.5) is 0 Å². The van der Waals surface area contributed by atoms with E-state index in [2.05, 4.69) is 4.72 Å². The molecule has 0 saturated heterocycles. The molecule has 0 aromatic heterocycles. The van der Waals surface area contributed by atoms with Crippen LogP contribution >= 0.6 is 0 Å². The highest BCUT2D eigenvalue weighted by Gasteiger charge is 2.36. The molecule has 0 radical (unpaired) electrons. The zero-order chi connectivity index (χ0) is 16.3. The summed E-state index contributed by atoms with van der Waals surface area (Å²) in [7, 11) is -3.51. The maximum atomic E-state index is 12.3. The lowest BCUT2D eigenvalue weighted by Crippen LogP contribution is -2.54. The first kappa shape index (κ1) is 16.9. The van der Waals surface area contributed by atoms with Gasteiger partial charge in [-0.05, 0) is 44.0 Å². The van der Waals surface area contributed by atoms with Gasteiger partial charge in [0.15, 0.2) is 0 Å². The molecule has 2 N–H and O–H groups in total. The van der Waals surface area contributed by atoms with Crippen LogP contribution in [0.2, 0.25) is 0 Å². The van der Waals surface area contributed by atoms with E-state index < -0.39 is 16.0 Å². The third-order valence-electron chi connectivity index (χ3n) is 4.00. The smallest absolute Gasteiger partial charge is 0.317 e. The Hall–Kier alpha value is -1.44. The van der Waals surface area contributed by atoms with Crippen molar-refractivity contribution in [1.29, 1.82) is 0 Å². The van der Waals surface area contributed by atoms with Gasteiger partial charge >= 0.3 is 5.97 Å². The van der Waals surface area contributed by atoms with Gasteiger partial charge < -0.3 is 5.11 Å². The summed E-state index contributed by atoms with van der Waals surface area (Å²) in [6.45, 7) is 4.41. The molecule has 0 atom stereocenters. The highest BCUT2D eigenvalue weighted by atomic mass is 32.2. The minimum Gasteiger partial charge on any atom is -0.480 e. The first-order valence-electron chi connectivity index (χ1n) is 7.36. The molecule has 0 aliphatic heterocycles. The average molecular weight is 326 g/mol. The molecule has 2 rings (SSSR count). The molecule has 1 aliphatic rings. The van der Waals surface area contributed by atoms with Gasteiger partial charge in [-0.3, -0.25) is 9.69 Å². The molecule has 0 unspecified atom stereocenters. The summed E-state index contributed by atoms with van der Waals surface area (Å²) < 4.78 is 27.3. The predicted octanol–water partition coefficient (Wildman–Crippen LogP) is 1.21. The van der Waals surface area contributed by atoms with Crippen LogP contribution < -0.4 is 4.72 Å². The van der Waals surface area contributed by atoms with Crippen molar-refractivity contribution in [2.24, 2.45) is 0 Å². The summed E-state index contributed by atoms with van der Waals surface area (Å²) in [5.74, 6) is -0.856. The van der Waals surface area contributed by atoms with Gasteiger partial charge in [0.1, 0.15) is 0 Å². The molecule has 0 bridgehead atoms. The van der Waals surface area contributed by atoms with Crippen LogP contribution in [-0.4, -0.2) is 49.6 Å². The number of sulfonamides is 1. The summed E-state index contributed by atoms with van der Waals surface area (Å²) in [6, 6.07) is 6.79. The van der Waals surface area contributed by atoms with Crippen LogP contribution in [0.25, 0.3) is 0 Å². The largest absolute Gasteiger partial charge is 0.480 e. The second kappa shape index (κ2) is 6.76. The van der Waals surface area contributed by atoms with Gasteiger partial charge in [0.2, 0.25) is 10.0 Å². The van der Waals surface area contributed by atoms with Gasteiger partial charge in [-0.15, -0.1) is 0 Å². The number of hydrogen-bond donors (Lipinski definition) is 2. The van der Waals surface area contributed by atoms with E-state index in [9.17, 15) is 13.2 Å². The number of carboxylic acids is 1. The van der Waals surface area contributed by atoms with E-state index in [1.807, 2.05) is 24.8 Å². The topological polar surface area (TPSA) is 86.7 Å². The monoisotopic (exact) mass is 326 g/mol. The first-order valence-corrected chi connectivity index (χ1v) is 8.85. The van der Waals surface area contributed by atoms with Crippen molar-refractivity contribution < 1.29 is 18.3 Å². The molecule has 0 amide bonds. The van der Waals surface area contributed by atoms with Crippen molar-refractivity contribution in [3.63, 3.8) is 0 Å². The van der Waals surface area contributed by atoms with Gasteiger partial charge in [-0.25, -0.2) is 13.1 Å². The molecular weight excluding hydrogens is 304 g/mol. The minimum absolute atomic E-state index is 0.00147. The fraction of sp³-hybridized carbons (Fsp3) is 0.533. The van der Waals surface area contributed by atoms with E-state index in [-0.39, 0.29) is 23.5 Å². The molecule has 1 aliphatic carbocycles. The van der Waals surface area contributed by atoms with Crippen molar-refractivity contribution in [1.82, 2.24) is 9.62 Å². The summed E-state index contributed by atoms with van der Waals surface area (Å²) in [5.41, 5.74) is 0.896. The minimum atomic E-state index is -3.51. The van der Waals surface area contributed by atoms with E-state index in [1.54, 1.807) is 18.2 Å². The zero-order valence-electron chi connectivity index (χ0n) is 12.8. The Labute approximate surface area is 131 Å². The molecule has 0 heterocycles. The highest BCUT2D eigenvalue weighted by Crippen LogP contribution is 2.27. The van der Waals surface area contributed by atoms with E-state index in [1.165, 1.54) is 0 Å². The molecule has 1 aromatic carbocycles. The number of nitrogens with zero attached hydrogens (tertiary/aromatic N) is 1. The molecule has 7 heteroatoms. The second-order valence-electron chi connectivity index (χ2n) is 5.72. The number of hydrogen-bond acceptors (Lipinski definition) is 4. The summed E-state index contributed by atoms with van der Waals surface area (Å²) in [6.07, 6.45) is 1.29. The maximum Gasteiger partial charge on any atom is 0.317 e. The van der Waals surface area contributed by atoms with Crippen LogP contribution in [0.15, 0.2) is 29.2 Å². The number of carboxylic acid groups (broad SMARTS) is 1. The third-order valence-corrected chi connectivity index (χ3v) is 5.51. The first-order chi connectivity index (χ1) is 10.3. The Balaban J connectivity index is 1.93. The maximum absolute atomic E-state index is 12.3. The van der Waals surface area contributed by atoms with Crippen LogP contribution in [0.5, 0.6) is 0 Å². The fourth-order valence-corrected chi connectivity index (χ4v) is 4.09. The molecule has 122 valence electrons. The van der Waals surface area contributed by atoms with Crippen molar-refractivity contribution in [2.45, 2.75) is 43.7 Å². The number of aliphatic carboxylic acids is 1. The molecule has 6 nitrogen and oxygen atoms in total. The van der Waals surface area contributed by atoms with Crippen LogP contribution in [0.1, 0.15) is 25.3 Å². The number of rotatable bonds is 7. The van der Waals surface area contributed by atoms with Gasteiger partial charge in [-0.2, -0.15) is 0 Å².